The molecule has 2 aromatic carbocycles. The monoisotopic (exact) mass is 632 g/mol. The molecule has 0 atom stereocenters. The Morgan fingerprint density at radius 3 is 1.67 bits per heavy atom. The molecule has 0 aliphatic heterocycles. The number of para-hydroxylation sites is 1. The number of benzene rings is 2. The molecule has 0 saturated heterocycles. The van der Waals surface area contributed by atoms with Crippen molar-refractivity contribution in [2.24, 2.45) is 0 Å². The van der Waals surface area contributed by atoms with Crippen molar-refractivity contribution in [3.05, 3.63) is 59.7 Å². The van der Waals surface area contributed by atoms with E-state index in [1.807, 2.05) is 0 Å². The van der Waals surface area contributed by atoms with Gasteiger partial charge in [0.2, 0.25) is 0 Å². The molecule has 0 bridgehead atoms. The summed E-state index contributed by atoms with van der Waals surface area (Å²) in [5.74, 6) is -1.30. The first-order valence-electron chi connectivity index (χ1n) is 13.9. The number of esters is 2. The van der Waals surface area contributed by atoms with Crippen LogP contribution in [0.25, 0.3) is 0 Å². The van der Waals surface area contributed by atoms with Gasteiger partial charge in [-0.1, -0.05) is 96.3 Å². The Labute approximate surface area is 283 Å². The molecule has 0 unspecified atom stereocenters. The zero-order chi connectivity index (χ0) is 27.6. The predicted molar refractivity (Wildman–Crippen MR) is 155 cm³/mol. The van der Waals surface area contributed by atoms with Crippen LogP contribution in [0, 0.1) is 0 Å². The third kappa shape index (κ3) is 13.9. The summed E-state index contributed by atoms with van der Waals surface area (Å²) in [6.07, 6.45) is 12.4. The number of carbonyl (C=O) groups excluding carboxylic acids is 2. The second-order valence-electron chi connectivity index (χ2n) is 9.37. The molecule has 0 aliphatic rings. The summed E-state index contributed by atoms with van der Waals surface area (Å²) in [5, 5.41) is 0. The van der Waals surface area contributed by atoms with Crippen molar-refractivity contribution in [2.75, 3.05) is 13.2 Å². The van der Waals surface area contributed by atoms with Gasteiger partial charge in [0.15, 0.2) is 0 Å². The Morgan fingerprint density at radius 1 is 0.641 bits per heavy atom. The van der Waals surface area contributed by atoms with Crippen molar-refractivity contribution in [1.29, 1.82) is 0 Å². The molecular formula is C30H43O7RbS. The molecule has 9 heteroatoms. The van der Waals surface area contributed by atoms with Crippen LogP contribution in [0.1, 0.15) is 112 Å². The summed E-state index contributed by atoms with van der Waals surface area (Å²) in [6.45, 7) is 4.72. The van der Waals surface area contributed by atoms with E-state index in [0.717, 1.165) is 63.9 Å². The van der Waals surface area contributed by atoms with E-state index in [-0.39, 0.29) is 93.2 Å². The van der Waals surface area contributed by atoms with Gasteiger partial charge in [0.05, 0.1) is 24.3 Å². The summed E-state index contributed by atoms with van der Waals surface area (Å²) < 4.78 is 41.7. The average Bonchev–Trinajstić information content (AvgIpc) is 2.91. The van der Waals surface area contributed by atoms with Crippen molar-refractivity contribution in [1.82, 2.24) is 0 Å². The van der Waals surface area contributed by atoms with Gasteiger partial charge in [-0.2, -0.15) is 8.42 Å². The fourth-order valence-electron chi connectivity index (χ4n) is 3.93. The normalized spacial score (nSPS) is 10.9. The van der Waals surface area contributed by atoms with Gasteiger partial charge in [-0.25, -0.2) is 9.59 Å². The first kappa shape index (κ1) is 36.0. The van der Waals surface area contributed by atoms with Crippen molar-refractivity contribution < 1.29 is 31.7 Å². The molecule has 2 rings (SSSR count). The first-order valence-corrected chi connectivity index (χ1v) is 15.3. The van der Waals surface area contributed by atoms with Gasteiger partial charge in [0.1, 0.15) is 10.6 Å². The van der Waals surface area contributed by atoms with Crippen LogP contribution in [0.15, 0.2) is 53.4 Å². The van der Waals surface area contributed by atoms with Gasteiger partial charge in [-0.3, -0.25) is 0 Å². The summed E-state index contributed by atoms with van der Waals surface area (Å²) in [5.41, 5.74) is -0.177. The molecule has 0 spiro atoms. The molecule has 0 amide bonds. The van der Waals surface area contributed by atoms with E-state index in [4.69, 9.17) is 13.7 Å². The van der Waals surface area contributed by atoms with Crippen LogP contribution in [-0.4, -0.2) is 91.8 Å². The molecule has 0 heterocycles. The molecular weight excluding hydrogens is 590 g/mol. The number of unbranched alkanes of at least 4 members (excludes halogenated alkanes) is 10. The van der Waals surface area contributed by atoms with Gasteiger partial charge >= 0.3 is 80.2 Å². The van der Waals surface area contributed by atoms with Crippen LogP contribution >= 0.6 is 0 Å². The topological polar surface area (TPSA) is 96.0 Å². The fraction of sp³-hybridized carbons (Fsp3) is 0.533. The second-order valence-corrected chi connectivity index (χ2v) is 10.9. The first-order chi connectivity index (χ1) is 18.4. The zero-order valence-corrected chi connectivity index (χ0v) is 23.6. The molecule has 0 N–H and O–H groups in total. The van der Waals surface area contributed by atoms with Crippen LogP contribution in [0.3, 0.4) is 0 Å². The van der Waals surface area contributed by atoms with Crippen molar-refractivity contribution in [3.63, 3.8) is 0 Å². The summed E-state index contributed by atoms with van der Waals surface area (Å²) in [6, 6.07) is 11.7. The maximum atomic E-state index is 13.0. The fourth-order valence-corrected chi connectivity index (χ4v) is 4.88. The average molecular weight is 633 g/mol. The molecule has 7 nitrogen and oxygen atoms in total. The zero-order valence-electron chi connectivity index (χ0n) is 22.8. The standard InChI is InChI=1S/C30H42O7S.Rb.H/c1-3-5-7-9-11-16-22-35-29(31)27-21-20-26(38(33,34)37-25-18-14-13-15-19-25)24-28(27)30(32)36-23-17-12-10-8-6-4-2;;/h13-15,18-21,24H,3-12,16-17,22-23H2,1-2H3;;. The Balaban J connectivity index is 0.00000760. The Hall–Kier alpha value is -1.06. The summed E-state index contributed by atoms with van der Waals surface area (Å²) in [4.78, 5) is 25.5. The minimum atomic E-state index is -4.24. The van der Waals surface area contributed by atoms with Crippen molar-refractivity contribution in [2.45, 2.75) is 95.8 Å². The molecule has 0 radical (unpaired) electrons. The predicted octanol–water partition coefficient (Wildman–Crippen LogP) is 6.84. The number of hydrogen-bond acceptors (Lipinski definition) is 7. The quantitative estimate of drug-likeness (QED) is 0.0950. The van der Waals surface area contributed by atoms with Crippen LogP contribution in [0.5, 0.6) is 5.75 Å². The number of carbonyl (C=O) groups is 2. The molecule has 0 aliphatic carbocycles. The molecule has 212 valence electrons. The van der Waals surface area contributed by atoms with E-state index in [1.165, 1.54) is 37.1 Å². The van der Waals surface area contributed by atoms with Gasteiger partial charge in [-0.15, -0.1) is 0 Å². The van der Waals surface area contributed by atoms with Crippen LogP contribution in [0.2, 0.25) is 0 Å². The van der Waals surface area contributed by atoms with Gasteiger partial charge in [-0.05, 0) is 43.2 Å². The Bertz CT molecular complexity index is 1090. The number of rotatable bonds is 19. The van der Waals surface area contributed by atoms with Gasteiger partial charge < -0.3 is 13.7 Å². The van der Waals surface area contributed by atoms with E-state index >= 15 is 0 Å². The molecule has 0 fully saturated rings. The van der Waals surface area contributed by atoms with Gasteiger partial charge in [0.25, 0.3) is 0 Å². The van der Waals surface area contributed by atoms with Crippen molar-refractivity contribution >= 4 is 80.2 Å². The minimum absolute atomic E-state index is 0. The van der Waals surface area contributed by atoms with E-state index < -0.39 is 22.1 Å². The third-order valence-electron chi connectivity index (χ3n) is 6.13. The van der Waals surface area contributed by atoms with Crippen LogP contribution in [-0.2, 0) is 19.6 Å². The SMILES string of the molecule is CCCCCCCCOC(=O)c1ccc(S(=O)(=O)Oc2ccccc2)cc1C(=O)OCCCCCCCC.[RbH]. The molecule has 2 aromatic rings. The second kappa shape index (κ2) is 20.8. The van der Waals surface area contributed by atoms with Crippen LogP contribution in [0.4, 0.5) is 0 Å². The summed E-state index contributed by atoms with van der Waals surface area (Å²) >= 11 is 0. The van der Waals surface area contributed by atoms with E-state index in [2.05, 4.69) is 13.8 Å². The van der Waals surface area contributed by atoms with Crippen molar-refractivity contribution in [3.8, 4) is 5.75 Å². The van der Waals surface area contributed by atoms with Crippen LogP contribution < -0.4 is 4.18 Å². The molecule has 0 aromatic heterocycles. The Kier molecular flexibility index (Phi) is 19.1. The van der Waals surface area contributed by atoms with E-state index in [0.29, 0.717) is 6.42 Å². The van der Waals surface area contributed by atoms with Gasteiger partial charge in [0, 0.05) is 0 Å². The van der Waals surface area contributed by atoms with E-state index in [1.54, 1.807) is 18.2 Å². The number of hydrogen-bond donors (Lipinski definition) is 0. The molecule has 0 saturated carbocycles. The maximum absolute atomic E-state index is 13.0. The Morgan fingerprint density at radius 2 is 1.13 bits per heavy atom. The number of ether oxygens (including phenoxy) is 2. The third-order valence-corrected chi connectivity index (χ3v) is 7.37. The summed E-state index contributed by atoms with van der Waals surface area (Å²) in [7, 11) is -4.24. The van der Waals surface area contributed by atoms with E-state index in [9.17, 15) is 18.0 Å². The molecule has 39 heavy (non-hydrogen) atoms.